The van der Waals surface area contributed by atoms with Crippen LogP contribution in [0.2, 0.25) is 0 Å². The van der Waals surface area contributed by atoms with Crippen molar-refractivity contribution in [1.29, 1.82) is 0 Å². The van der Waals surface area contributed by atoms with Gasteiger partial charge in [0.15, 0.2) is 11.6 Å². The lowest BCUT2D eigenvalue weighted by Crippen LogP contribution is -2.22. The Labute approximate surface area is 138 Å². The van der Waals surface area contributed by atoms with Crippen molar-refractivity contribution < 1.29 is 14.7 Å². The highest BCUT2D eigenvalue weighted by molar-refractivity contribution is 6.31. The minimum Gasteiger partial charge on any atom is -0.505 e. The molecular formula is C20H13NO3. The van der Waals surface area contributed by atoms with Crippen molar-refractivity contribution in [2.24, 2.45) is 0 Å². The number of ketones is 2. The maximum Gasteiger partial charge on any atom is 0.198 e. The zero-order chi connectivity index (χ0) is 16.8. The van der Waals surface area contributed by atoms with Gasteiger partial charge in [-0.05, 0) is 17.2 Å². The van der Waals surface area contributed by atoms with Crippen LogP contribution in [0.15, 0.2) is 60.7 Å². The van der Waals surface area contributed by atoms with Gasteiger partial charge in [-0.2, -0.15) is 0 Å². The van der Waals surface area contributed by atoms with Crippen LogP contribution in [0, 0.1) is 0 Å². The Morgan fingerprint density at radius 3 is 1.88 bits per heavy atom. The van der Waals surface area contributed by atoms with Crippen LogP contribution in [0.25, 0.3) is 11.1 Å². The monoisotopic (exact) mass is 315 g/mol. The second-order valence-corrected chi connectivity index (χ2v) is 5.68. The van der Waals surface area contributed by atoms with Crippen LogP contribution < -0.4 is 5.73 Å². The number of phenolic OH excluding ortho intramolecular Hbond substituents is 1. The average molecular weight is 315 g/mol. The molecule has 0 amide bonds. The largest absolute Gasteiger partial charge is 0.505 e. The molecule has 3 aromatic carbocycles. The van der Waals surface area contributed by atoms with E-state index in [9.17, 15) is 14.7 Å². The minimum absolute atomic E-state index is 0.0162. The molecule has 0 atom stereocenters. The van der Waals surface area contributed by atoms with Crippen LogP contribution in [0.5, 0.6) is 5.75 Å². The van der Waals surface area contributed by atoms with Crippen molar-refractivity contribution in [3.05, 3.63) is 82.9 Å². The first-order chi connectivity index (χ1) is 11.6. The van der Waals surface area contributed by atoms with Crippen molar-refractivity contribution >= 4 is 17.3 Å². The van der Waals surface area contributed by atoms with E-state index in [1.54, 1.807) is 30.3 Å². The number of hydrogen-bond donors (Lipinski definition) is 2. The van der Waals surface area contributed by atoms with Crippen LogP contribution in [-0.4, -0.2) is 16.7 Å². The molecule has 0 aliphatic heterocycles. The number of hydrogen-bond acceptors (Lipinski definition) is 4. The molecule has 24 heavy (non-hydrogen) atoms. The molecule has 0 fully saturated rings. The van der Waals surface area contributed by atoms with Gasteiger partial charge in [-0.15, -0.1) is 0 Å². The van der Waals surface area contributed by atoms with Gasteiger partial charge in [0.2, 0.25) is 0 Å². The molecule has 3 N–H and O–H groups in total. The standard InChI is InChI=1S/C20H13NO3/c21-15-10-14(11-6-2-1-3-7-11)16-17(20(15)24)19(23)13-9-5-4-8-12(13)18(16)22/h1-10,24H,21H2. The second kappa shape index (κ2) is 5.06. The van der Waals surface area contributed by atoms with Gasteiger partial charge in [-0.25, -0.2) is 0 Å². The summed E-state index contributed by atoms with van der Waals surface area (Å²) in [6, 6.07) is 17.4. The Morgan fingerprint density at radius 2 is 1.25 bits per heavy atom. The highest BCUT2D eigenvalue weighted by atomic mass is 16.3. The molecule has 1 aliphatic rings. The van der Waals surface area contributed by atoms with Gasteiger partial charge in [0, 0.05) is 16.7 Å². The highest BCUT2D eigenvalue weighted by Gasteiger charge is 2.35. The Kier molecular flexibility index (Phi) is 3.00. The van der Waals surface area contributed by atoms with E-state index in [0.717, 1.165) is 5.56 Å². The highest BCUT2D eigenvalue weighted by Crippen LogP contribution is 2.41. The van der Waals surface area contributed by atoms with Gasteiger partial charge in [0.1, 0.15) is 5.75 Å². The number of rotatable bonds is 1. The van der Waals surface area contributed by atoms with Gasteiger partial charge in [0.25, 0.3) is 0 Å². The Balaban J connectivity index is 2.10. The number of benzene rings is 3. The van der Waals surface area contributed by atoms with Gasteiger partial charge >= 0.3 is 0 Å². The molecule has 0 radical (unpaired) electrons. The molecule has 0 spiro atoms. The minimum atomic E-state index is -0.387. The van der Waals surface area contributed by atoms with Crippen molar-refractivity contribution in [1.82, 2.24) is 0 Å². The van der Waals surface area contributed by atoms with Crippen LogP contribution in [-0.2, 0) is 0 Å². The van der Waals surface area contributed by atoms with E-state index in [0.29, 0.717) is 11.1 Å². The molecule has 116 valence electrons. The van der Waals surface area contributed by atoms with Gasteiger partial charge < -0.3 is 10.8 Å². The van der Waals surface area contributed by atoms with Gasteiger partial charge in [-0.1, -0.05) is 54.6 Å². The number of fused-ring (bicyclic) bond motifs is 2. The lowest BCUT2D eigenvalue weighted by molar-refractivity contribution is 0.0977. The quantitative estimate of drug-likeness (QED) is 0.416. The van der Waals surface area contributed by atoms with E-state index in [2.05, 4.69) is 0 Å². The van der Waals surface area contributed by atoms with E-state index in [1.807, 2.05) is 30.3 Å². The average Bonchev–Trinajstić information content (AvgIpc) is 2.62. The summed E-state index contributed by atoms with van der Waals surface area (Å²) in [5.74, 6) is -1.01. The summed E-state index contributed by atoms with van der Waals surface area (Å²) in [6.07, 6.45) is 0. The van der Waals surface area contributed by atoms with Crippen LogP contribution in [0.4, 0.5) is 5.69 Å². The zero-order valence-corrected chi connectivity index (χ0v) is 12.6. The molecule has 0 aromatic heterocycles. The third-order valence-corrected chi connectivity index (χ3v) is 4.28. The van der Waals surface area contributed by atoms with Crippen molar-refractivity contribution in [2.45, 2.75) is 0 Å². The number of carbonyl (C=O) groups excluding carboxylic acids is 2. The number of carbonyl (C=O) groups is 2. The molecule has 4 heteroatoms. The van der Waals surface area contributed by atoms with Crippen molar-refractivity contribution in [2.75, 3.05) is 5.73 Å². The Morgan fingerprint density at radius 1 is 0.708 bits per heavy atom. The first-order valence-electron chi connectivity index (χ1n) is 7.49. The van der Waals surface area contributed by atoms with Gasteiger partial charge in [-0.3, -0.25) is 9.59 Å². The summed E-state index contributed by atoms with van der Waals surface area (Å²) in [5.41, 5.74) is 8.11. The van der Waals surface area contributed by atoms with E-state index < -0.39 is 0 Å². The van der Waals surface area contributed by atoms with E-state index in [1.165, 1.54) is 0 Å². The third-order valence-electron chi connectivity index (χ3n) is 4.28. The predicted octanol–water partition coefficient (Wildman–Crippen LogP) is 3.42. The smallest absolute Gasteiger partial charge is 0.198 e. The number of aromatic hydroxyl groups is 1. The summed E-state index contributed by atoms with van der Waals surface area (Å²) in [5, 5.41) is 10.3. The number of phenols is 1. The van der Waals surface area contributed by atoms with Crippen LogP contribution in [0.3, 0.4) is 0 Å². The topological polar surface area (TPSA) is 80.4 Å². The normalized spacial score (nSPS) is 12.7. The summed E-state index contributed by atoms with van der Waals surface area (Å²) in [4.78, 5) is 25.8. The fourth-order valence-electron chi connectivity index (χ4n) is 3.14. The summed E-state index contributed by atoms with van der Waals surface area (Å²) < 4.78 is 0. The van der Waals surface area contributed by atoms with Gasteiger partial charge in [0.05, 0.1) is 11.3 Å². The molecule has 1 aliphatic carbocycles. The molecule has 4 rings (SSSR count). The van der Waals surface area contributed by atoms with Crippen LogP contribution in [0.1, 0.15) is 31.8 Å². The molecular weight excluding hydrogens is 302 g/mol. The lowest BCUT2D eigenvalue weighted by Gasteiger charge is -2.22. The van der Waals surface area contributed by atoms with E-state index >= 15 is 0 Å². The second-order valence-electron chi connectivity index (χ2n) is 5.68. The number of anilines is 1. The number of nitrogen functional groups attached to an aromatic ring is 1. The fraction of sp³-hybridized carbons (Fsp3) is 0. The SMILES string of the molecule is Nc1cc(-c2ccccc2)c2c(c1O)C(=O)c1ccccc1C2=O. The molecule has 0 saturated heterocycles. The lowest BCUT2D eigenvalue weighted by atomic mass is 9.79. The summed E-state index contributed by atoms with van der Waals surface area (Å²) in [7, 11) is 0. The molecule has 4 nitrogen and oxygen atoms in total. The maximum atomic E-state index is 13.0. The number of nitrogens with two attached hydrogens (primary N) is 1. The van der Waals surface area contributed by atoms with Crippen molar-refractivity contribution in [3.63, 3.8) is 0 Å². The molecule has 0 bridgehead atoms. The van der Waals surface area contributed by atoms with E-state index in [4.69, 9.17) is 5.73 Å². The third kappa shape index (κ3) is 1.86. The molecule has 0 saturated carbocycles. The summed E-state index contributed by atoms with van der Waals surface area (Å²) in [6.45, 7) is 0. The first-order valence-corrected chi connectivity index (χ1v) is 7.49. The fourth-order valence-corrected chi connectivity index (χ4v) is 3.14. The Bertz CT molecular complexity index is 1010. The predicted molar refractivity (Wildman–Crippen MR) is 91.3 cm³/mol. The first kappa shape index (κ1) is 14.2. The van der Waals surface area contributed by atoms with E-state index in [-0.39, 0.29) is 39.7 Å². The summed E-state index contributed by atoms with van der Waals surface area (Å²) >= 11 is 0. The Hall–Kier alpha value is -3.40. The zero-order valence-electron chi connectivity index (χ0n) is 12.6. The van der Waals surface area contributed by atoms with Crippen molar-refractivity contribution in [3.8, 4) is 16.9 Å². The molecule has 0 heterocycles. The molecule has 0 unspecified atom stereocenters. The maximum absolute atomic E-state index is 13.0. The van der Waals surface area contributed by atoms with Crippen LogP contribution >= 0.6 is 0 Å². The molecule has 3 aromatic rings.